The molecule has 1 heterocycles. The molecule has 23 heavy (non-hydrogen) atoms. The number of rotatable bonds is 2. The van der Waals surface area contributed by atoms with Gasteiger partial charge in [-0.3, -0.25) is 4.79 Å². The molecule has 1 aromatic carbocycles. The van der Waals surface area contributed by atoms with Gasteiger partial charge < -0.3 is 14.7 Å². The summed E-state index contributed by atoms with van der Waals surface area (Å²) in [4.78, 5) is 25.0. The molecule has 0 radical (unpaired) electrons. The second-order valence-electron chi connectivity index (χ2n) is 6.61. The van der Waals surface area contributed by atoms with Crippen LogP contribution in [0.2, 0.25) is 0 Å². The molecule has 0 saturated carbocycles. The van der Waals surface area contributed by atoms with Gasteiger partial charge in [-0.2, -0.15) is 0 Å². The van der Waals surface area contributed by atoms with Crippen molar-refractivity contribution in [3.63, 3.8) is 0 Å². The highest BCUT2D eigenvalue weighted by Crippen LogP contribution is 2.35. The van der Waals surface area contributed by atoms with Crippen LogP contribution in [0.4, 0.5) is 9.18 Å². The number of carbonyl (C=O) groups excluding carboxylic acids is 1. The lowest BCUT2D eigenvalue weighted by Gasteiger charge is -2.24. The lowest BCUT2D eigenvalue weighted by Crippen LogP contribution is -2.35. The van der Waals surface area contributed by atoms with E-state index in [0.717, 1.165) is 0 Å². The van der Waals surface area contributed by atoms with Crippen LogP contribution in [0.25, 0.3) is 0 Å². The fourth-order valence-electron chi connectivity index (χ4n) is 2.61. The average molecular weight is 388 g/mol. The number of amides is 1. The quantitative estimate of drug-likeness (QED) is 0.841. The summed E-state index contributed by atoms with van der Waals surface area (Å²) < 4.78 is 19.3. The Morgan fingerprint density at radius 2 is 2.00 bits per heavy atom. The van der Waals surface area contributed by atoms with Crippen molar-refractivity contribution >= 4 is 28.0 Å². The molecule has 2 rings (SSSR count). The van der Waals surface area contributed by atoms with Gasteiger partial charge in [0.1, 0.15) is 11.4 Å². The van der Waals surface area contributed by atoms with Gasteiger partial charge in [-0.25, -0.2) is 9.18 Å². The number of hydrogen-bond acceptors (Lipinski definition) is 3. The summed E-state index contributed by atoms with van der Waals surface area (Å²) in [6.45, 7) is 5.48. The monoisotopic (exact) mass is 387 g/mol. The van der Waals surface area contributed by atoms with E-state index in [9.17, 15) is 19.1 Å². The van der Waals surface area contributed by atoms with Crippen LogP contribution in [0.1, 0.15) is 32.3 Å². The second-order valence-corrected chi connectivity index (χ2v) is 7.46. The Bertz CT molecular complexity index is 629. The minimum absolute atomic E-state index is 0.0482. The molecule has 0 aliphatic carbocycles. The number of nitrogens with zero attached hydrogens (tertiary/aromatic N) is 1. The molecule has 0 bridgehead atoms. The van der Waals surface area contributed by atoms with Crippen molar-refractivity contribution in [3.05, 3.63) is 34.1 Å². The SMILES string of the molecule is CC(C)(C)OC(=O)N1C[C@H](C(=O)O)[C@@H](c2ccc(Br)c(F)c2)C1. The summed E-state index contributed by atoms with van der Waals surface area (Å²) in [6.07, 6.45) is -0.552. The van der Waals surface area contributed by atoms with Crippen LogP contribution in [0, 0.1) is 11.7 Å². The first-order valence-electron chi connectivity index (χ1n) is 7.24. The molecule has 1 N–H and O–H groups in total. The number of benzene rings is 1. The third-order valence-electron chi connectivity index (χ3n) is 3.66. The van der Waals surface area contributed by atoms with Crippen LogP contribution in [-0.2, 0) is 9.53 Å². The van der Waals surface area contributed by atoms with E-state index in [1.165, 1.54) is 11.0 Å². The standard InChI is InChI=1S/C16H19BrFNO4/c1-16(2,3)23-15(22)19-7-10(11(8-19)14(20)21)9-4-5-12(17)13(18)6-9/h4-6,10-11H,7-8H2,1-3H3,(H,20,21)/t10-,11+/m1/s1. The smallest absolute Gasteiger partial charge is 0.410 e. The molecule has 5 nitrogen and oxygen atoms in total. The summed E-state index contributed by atoms with van der Waals surface area (Å²) in [5.41, 5.74) is -0.0957. The Labute approximate surface area is 142 Å². The highest BCUT2D eigenvalue weighted by molar-refractivity contribution is 9.10. The highest BCUT2D eigenvalue weighted by atomic mass is 79.9. The average Bonchev–Trinajstić information content (AvgIpc) is 2.85. The first-order chi connectivity index (χ1) is 10.6. The van der Waals surface area contributed by atoms with Gasteiger partial charge in [-0.15, -0.1) is 0 Å². The molecule has 0 unspecified atom stereocenters. The first-order valence-corrected chi connectivity index (χ1v) is 8.03. The van der Waals surface area contributed by atoms with Gasteiger partial charge in [-0.1, -0.05) is 6.07 Å². The summed E-state index contributed by atoms with van der Waals surface area (Å²) in [5.74, 6) is -2.72. The van der Waals surface area contributed by atoms with Crippen LogP contribution in [0.3, 0.4) is 0 Å². The number of carboxylic acid groups (broad SMARTS) is 1. The largest absolute Gasteiger partial charge is 0.481 e. The lowest BCUT2D eigenvalue weighted by atomic mass is 9.89. The lowest BCUT2D eigenvalue weighted by molar-refractivity contribution is -0.141. The Morgan fingerprint density at radius 3 is 2.52 bits per heavy atom. The second kappa shape index (κ2) is 6.47. The van der Waals surface area contributed by atoms with Crippen molar-refractivity contribution < 1.29 is 23.8 Å². The summed E-state index contributed by atoms with van der Waals surface area (Å²) in [6, 6.07) is 4.52. The van der Waals surface area contributed by atoms with Gasteiger partial charge in [0, 0.05) is 19.0 Å². The van der Waals surface area contributed by atoms with Crippen LogP contribution in [0.15, 0.2) is 22.7 Å². The number of carbonyl (C=O) groups is 2. The van der Waals surface area contributed by atoms with Crippen molar-refractivity contribution in [2.24, 2.45) is 5.92 Å². The number of halogens is 2. The minimum Gasteiger partial charge on any atom is -0.481 e. The van der Waals surface area contributed by atoms with Crippen molar-refractivity contribution in [3.8, 4) is 0 Å². The van der Waals surface area contributed by atoms with Crippen molar-refractivity contribution in [2.75, 3.05) is 13.1 Å². The minimum atomic E-state index is -1.01. The van der Waals surface area contributed by atoms with Gasteiger partial charge >= 0.3 is 12.1 Å². The van der Waals surface area contributed by atoms with E-state index in [-0.39, 0.29) is 13.1 Å². The molecule has 1 aliphatic heterocycles. The van der Waals surface area contributed by atoms with E-state index in [1.54, 1.807) is 32.9 Å². The summed E-state index contributed by atoms with van der Waals surface area (Å²) >= 11 is 3.07. The Morgan fingerprint density at radius 1 is 1.35 bits per heavy atom. The number of ether oxygens (including phenoxy) is 1. The molecule has 1 fully saturated rings. The van der Waals surface area contributed by atoms with Crippen LogP contribution < -0.4 is 0 Å². The Kier molecular flexibility index (Phi) is 4.98. The van der Waals surface area contributed by atoms with E-state index < -0.39 is 35.3 Å². The fourth-order valence-corrected chi connectivity index (χ4v) is 2.86. The molecule has 0 spiro atoms. The number of carboxylic acids is 1. The molecule has 7 heteroatoms. The maximum atomic E-state index is 13.7. The molecule has 1 aliphatic rings. The molecule has 0 aromatic heterocycles. The Balaban J connectivity index is 2.23. The van der Waals surface area contributed by atoms with Crippen molar-refractivity contribution in [1.29, 1.82) is 0 Å². The predicted octanol–water partition coefficient (Wildman–Crippen LogP) is 3.62. The molecular weight excluding hydrogens is 369 g/mol. The summed E-state index contributed by atoms with van der Waals surface area (Å²) in [7, 11) is 0. The maximum absolute atomic E-state index is 13.7. The Hall–Kier alpha value is -1.63. The van der Waals surface area contributed by atoms with E-state index in [2.05, 4.69) is 15.9 Å². The topological polar surface area (TPSA) is 66.8 Å². The van der Waals surface area contributed by atoms with Gasteiger partial charge in [0.15, 0.2) is 0 Å². The molecule has 126 valence electrons. The number of likely N-dealkylation sites (tertiary alicyclic amines) is 1. The molecule has 1 aromatic rings. The van der Waals surface area contributed by atoms with Crippen LogP contribution in [0.5, 0.6) is 0 Å². The van der Waals surface area contributed by atoms with Crippen LogP contribution in [-0.4, -0.2) is 40.8 Å². The number of aliphatic carboxylic acids is 1. The van der Waals surface area contributed by atoms with Gasteiger partial charge in [0.2, 0.25) is 0 Å². The van der Waals surface area contributed by atoms with Crippen molar-refractivity contribution in [2.45, 2.75) is 32.3 Å². The third-order valence-corrected chi connectivity index (χ3v) is 4.30. The highest BCUT2D eigenvalue weighted by Gasteiger charge is 2.42. The summed E-state index contributed by atoms with van der Waals surface area (Å²) in [5, 5.41) is 9.42. The maximum Gasteiger partial charge on any atom is 0.410 e. The van der Waals surface area contributed by atoms with E-state index >= 15 is 0 Å². The van der Waals surface area contributed by atoms with Crippen molar-refractivity contribution in [1.82, 2.24) is 4.90 Å². The van der Waals surface area contributed by atoms with Gasteiger partial charge in [-0.05, 0) is 54.4 Å². The normalized spacial score (nSPS) is 21.3. The predicted molar refractivity (Wildman–Crippen MR) is 85.8 cm³/mol. The zero-order valence-electron chi connectivity index (χ0n) is 13.2. The zero-order chi connectivity index (χ0) is 17.4. The number of hydrogen-bond donors (Lipinski definition) is 1. The fraction of sp³-hybridized carbons (Fsp3) is 0.500. The molecule has 1 amide bonds. The van der Waals surface area contributed by atoms with Gasteiger partial charge in [0.05, 0.1) is 10.4 Å². The van der Waals surface area contributed by atoms with E-state index in [1.807, 2.05) is 0 Å². The third kappa shape index (κ3) is 4.22. The molecular formula is C16H19BrFNO4. The molecule has 2 atom stereocenters. The molecule has 1 saturated heterocycles. The van der Waals surface area contributed by atoms with Gasteiger partial charge in [0.25, 0.3) is 0 Å². The van der Waals surface area contributed by atoms with Crippen LogP contribution >= 0.6 is 15.9 Å². The van der Waals surface area contributed by atoms with E-state index in [0.29, 0.717) is 10.0 Å². The zero-order valence-corrected chi connectivity index (χ0v) is 14.8. The first kappa shape index (κ1) is 17.7. The van der Waals surface area contributed by atoms with E-state index in [4.69, 9.17) is 4.74 Å².